The Morgan fingerprint density at radius 1 is 1.47 bits per heavy atom. The van der Waals surface area contributed by atoms with Crippen molar-refractivity contribution in [3.63, 3.8) is 0 Å². The molecule has 17 heavy (non-hydrogen) atoms. The lowest BCUT2D eigenvalue weighted by molar-refractivity contribution is -0.338. The Morgan fingerprint density at radius 3 is 2.59 bits per heavy atom. The average Bonchev–Trinajstić information content (AvgIpc) is 2.32. The summed E-state index contributed by atoms with van der Waals surface area (Å²) in [6.07, 6.45) is -1.87. The molecule has 0 aliphatic carbocycles. The third kappa shape index (κ3) is 2.64. The Bertz CT molecular complexity index is 286. The van der Waals surface area contributed by atoms with Crippen LogP contribution in [-0.4, -0.2) is 63.6 Å². The normalized spacial score (nSPS) is 41.9. The summed E-state index contributed by atoms with van der Waals surface area (Å²) in [7, 11) is 0. The lowest BCUT2D eigenvalue weighted by atomic mass is 9.89. The minimum Gasteiger partial charge on any atom is -0.391 e. The topological polar surface area (TPSA) is 119 Å². The van der Waals surface area contributed by atoms with E-state index < -0.39 is 36.7 Å². The van der Waals surface area contributed by atoms with Gasteiger partial charge >= 0.3 is 0 Å². The van der Waals surface area contributed by atoms with Crippen LogP contribution in [0, 0.1) is 0 Å². The Hall–Kier alpha value is -0.990. The molecule has 1 amide bonds. The predicted molar refractivity (Wildman–Crippen MR) is 56.7 cm³/mol. The molecular weight excluding hydrogens is 230 g/mol. The summed E-state index contributed by atoms with van der Waals surface area (Å²) in [6.45, 7) is 2.61. The van der Waals surface area contributed by atoms with Crippen LogP contribution in [0.1, 0.15) is 6.42 Å². The first-order valence-electron chi connectivity index (χ1n) is 5.18. The van der Waals surface area contributed by atoms with Gasteiger partial charge in [-0.2, -0.15) is 0 Å². The molecule has 0 radical (unpaired) electrons. The van der Waals surface area contributed by atoms with Gasteiger partial charge < -0.3 is 30.5 Å². The number of carbonyl (C=O) groups is 1. The summed E-state index contributed by atoms with van der Waals surface area (Å²) in [5.74, 6) is -2.24. The first-order chi connectivity index (χ1) is 8.00. The highest BCUT2D eigenvalue weighted by atomic mass is 16.7. The summed E-state index contributed by atoms with van der Waals surface area (Å²) in [6, 6.07) is -0.882. The molecule has 5 N–H and O–H groups in total. The fraction of sp³-hybridized carbons (Fsp3) is 0.700. The molecule has 1 unspecified atom stereocenters. The summed E-state index contributed by atoms with van der Waals surface area (Å²) in [5, 5.41) is 40.4. The minimum absolute atomic E-state index is 0.234. The molecule has 0 bridgehead atoms. The van der Waals surface area contributed by atoms with E-state index >= 15 is 0 Å². The number of amides is 1. The number of nitrogens with one attached hydrogen (secondary N) is 1. The van der Waals surface area contributed by atoms with Crippen molar-refractivity contribution in [1.29, 1.82) is 0 Å². The molecule has 0 spiro atoms. The average molecular weight is 247 g/mol. The zero-order chi connectivity index (χ0) is 13.1. The molecule has 0 aromatic heterocycles. The van der Waals surface area contributed by atoms with Gasteiger partial charge in [-0.3, -0.25) is 4.79 Å². The van der Waals surface area contributed by atoms with Crippen LogP contribution in [-0.2, 0) is 9.53 Å². The van der Waals surface area contributed by atoms with E-state index in [4.69, 9.17) is 9.84 Å². The van der Waals surface area contributed by atoms with Crippen molar-refractivity contribution in [1.82, 2.24) is 5.32 Å². The van der Waals surface area contributed by atoms with E-state index in [1.807, 2.05) is 0 Å². The summed E-state index contributed by atoms with van der Waals surface area (Å²) in [4.78, 5) is 10.4. The largest absolute Gasteiger partial charge is 0.391 e. The predicted octanol–water partition coefficient (Wildman–Crippen LogP) is -2.52. The van der Waals surface area contributed by atoms with Gasteiger partial charge in [0, 0.05) is 0 Å². The van der Waals surface area contributed by atoms with Crippen molar-refractivity contribution < 1.29 is 30.0 Å². The van der Waals surface area contributed by atoms with Gasteiger partial charge in [0.1, 0.15) is 12.2 Å². The number of carbonyl (C=O) groups excluding carboxylic acids is 1. The van der Waals surface area contributed by atoms with Crippen LogP contribution in [0.15, 0.2) is 12.7 Å². The molecule has 5 atom stereocenters. The molecule has 7 heteroatoms. The molecule has 0 aromatic rings. The molecule has 1 aliphatic heterocycles. The summed E-state index contributed by atoms with van der Waals surface area (Å²) >= 11 is 0. The van der Waals surface area contributed by atoms with E-state index in [0.717, 1.165) is 0 Å². The van der Waals surface area contributed by atoms with Gasteiger partial charge in [-0.05, 0) is 6.42 Å². The number of hydrogen-bond acceptors (Lipinski definition) is 6. The second-order valence-electron chi connectivity index (χ2n) is 3.93. The minimum atomic E-state index is -2.24. The standard InChI is InChI=1S/C10H17NO6/c1-2-3-6-7(11-5-13)8(14)9(15)10(16,4-12)17-6/h2,5-9,12,14-16H,1,3-4H2,(H,11,13)/t6-,7+,8+,9-,10?/m0/s1. The first-order valence-corrected chi connectivity index (χ1v) is 5.18. The zero-order valence-corrected chi connectivity index (χ0v) is 9.19. The number of hydrogen-bond donors (Lipinski definition) is 5. The van der Waals surface area contributed by atoms with E-state index in [-0.39, 0.29) is 6.42 Å². The molecule has 0 saturated carbocycles. The quantitative estimate of drug-likeness (QED) is 0.270. The first kappa shape index (κ1) is 14.1. The monoisotopic (exact) mass is 247 g/mol. The van der Waals surface area contributed by atoms with Crippen molar-refractivity contribution in [2.24, 2.45) is 0 Å². The van der Waals surface area contributed by atoms with Gasteiger partial charge in [-0.1, -0.05) is 6.08 Å². The SMILES string of the molecule is C=CC[C@@H]1OC(O)(CO)[C@@H](O)[C@H](O)[C@@H]1NC=O. The maximum absolute atomic E-state index is 10.4. The fourth-order valence-corrected chi connectivity index (χ4v) is 1.86. The molecule has 1 saturated heterocycles. The van der Waals surface area contributed by atoms with Gasteiger partial charge in [-0.15, -0.1) is 6.58 Å². The van der Waals surface area contributed by atoms with Gasteiger partial charge in [0.25, 0.3) is 0 Å². The third-order valence-electron chi connectivity index (χ3n) is 2.80. The van der Waals surface area contributed by atoms with Gasteiger partial charge in [-0.25, -0.2) is 0 Å². The van der Waals surface area contributed by atoms with Crippen LogP contribution < -0.4 is 5.32 Å². The third-order valence-corrected chi connectivity index (χ3v) is 2.80. The highest BCUT2D eigenvalue weighted by Crippen LogP contribution is 2.29. The van der Waals surface area contributed by atoms with E-state index in [1.165, 1.54) is 6.08 Å². The second-order valence-corrected chi connectivity index (χ2v) is 3.93. The van der Waals surface area contributed by atoms with E-state index in [1.54, 1.807) is 0 Å². The zero-order valence-electron chi connectivity index (χ0n) is 9.19. The molecule has 1 aliphatic rings. The molecule has 1 rings (SSSR count). The molecular formula is C10H17NO6. The molecule has 7 nitrogen and oxygen atoms in total. The van der Waals surface area contributed by atoms with Crippen molar-refractivity contribution >= 4 is 6.41 Å². The smallest absolute Gasteiger partial charge is 0.218 e. The van der Waals surface area contributed by atoms with Crippen LogP contribution in [0.4, 0.5) is 0 Å². The van der Waals surface area contributed by atoms with E-state index in [0.29, 0.717) is 6.41 Å². The second kappa shape index (κ2) is 5.56. The van der Waals surface area contributed by atoms with E-state index in [2.05, 4.69) is 11.9 Å². The van der Waals surface area contributed by atoms with Gasteiger partial charge in [0.15, 0.2) is 0 Å². The van der Waals surface area contributed by atoms with Crippen molar-refractivity contribution in [2.45, 2.75) is 36.6 Å². The van der Waals surface area contributed by atoms with Crippen molar-refractivity contribution in [2.75, 3.05) is 6.61 Å². The fourth-order valence-electron chi connectivity index (χ4n) is 1.86. The number of aliphatic hydroxyl groups excluding tert-OH is 3. The van der Waals surface area contributed by atoms with Crippen LogP contribution in [0.3, 0.4) is 0 Å². The van der Waals surface area contributed by atoms with Crippen LogP contribution in [0.2, 0.25) is 0 Å². The molecule has 0 aromatic carbocycles. The van der Waals surface area contributed by atoms with Crippen molar-refractivity contribution in [3.05, 3.63) is 12.7 Å². The molecule has 1 fully saturated rings. The number of aliphatic hydroxyl groups is 4. The van der Waals surface area contributed by atoms with Gasteiger partial charge in [0.2, 0.25) is 12.2 Å². The Balaban J connectivity index is 2.92. The summed E-state index contributed by atoms with van der Waals surface area (Å²) < 4.78 is 5.11. The highest BCUT2D eigenvalue weighted by molar-refractivity contribution is 5.47. The maximum Gasteiger partial charge on any atom is 0.218 e. The Kier molecular flexibility index (Phi) is 4.61. The van der Waals surface area contributed by atoms with E-state index in [9.17, 15) is 20.1 Å². The molecule has 1 heterocycles. The lowest BCUT2D eigenvalue weighted by Crippen LogP contribution is -2.68. The molecule has 98 valence electrons. The number of rotatable bonds is 5. The maximum atomic E-state index is 10.4. The number of ether oxygens (including phenoxy) is 1. The van der Waals surface area contributed by atoms with Crippen LogP contribution in [0.25, 0.3) is 0 Å². The van der Waals surface area contributed by atoms with Gasteiger partial charge in [0.05, 0.1) is 18.8 Å². The highest BCUT2D eigenvalue weighted by Gasteiger charge is 2.52. The van der Waals surface area contributed by atoms with Crippen LogP contribution in [0.5, 0.6) is 0 Å². The van der Waals surface area contributed by atoms with Crippen LogP contribution >= 0.6 is 0 Å². The lowest BCUT2D eigenvalue weighted by Gasteiger charge is -2.46. The summed E-state index contributed by atoms with van der Waals surface area (Å²) in [5.41, 5.74) is 0. The van der Waals surface area contributed by atoms with Crippen molar-refractivity contribution in [3.8, 4) is 0 Å². The Morgan fingerprint density at radius 2 is 2.12 bits per heavy atom. The Labute approximate surface area is 98.3 Å².